The molecule has 1 unspecified atom stereocenters. The second kappa shape index (κ2) is 57.3. The van der Waals surface area contributed by atoms with Gasteiger partial charge < -0.3 is 33.9 Å². The Balaban J connectivity index is -0.000000841. The molecule has 0 aromatic carbocycles. The van der Waals surface area contributed by atoms with Crippen molar-refractivity contribution in [3.63, 3.8) is 0 Å². The largest absolute Gasteiger partial charge is 0.481 e. The van der Waals surface area contributed by atoms with Gasteiger partial charge in [0.15, 0.2) is 0 Å². The summed E-state index contributed by atoms with van der Waals surface area (Å²) in [5, 5.41) is 11.9. The number of nitrogens with one attached hydrogen (secondary N) is 1. The molecule has 1 saturated heterocycles. The number of rotatable bonds is 42. The molecule has 0 aliphatic carbocycles. The standard InChI is InChI=1S/C19H36O2.C18H34O2.C10H20NO5P.C5H7NO3/c1-3-4-5-6-7-8-9-10-11-12-13-14-15-16-17-18-19(20)21-2;1-2-3-4-5-6-7-8-9-10-11-12-13-14-15-16-17-18(19)20;1-2-15-17(14)16-9-7-11-10(13)6-4-3-5-8-12;1-9-6-4(7)2-3-5(6)8/h10-11H,3-9,12-18H2,1-2H3;9-10H,2-8,11-17H2,1H3,(H,19,20);8,14H,2-7,9H2,1H3,(H,11,13);2-3H2,1H3/b11-10-;10-9-;;. The first-order valence-corrected chi connectivity index (χ1v) is 27.1. The van der Waals surface area contributed by atoms with Gasteiger partial charge in [-0.25, -0.2) is 0 Å². The number of esters is 1. The van der Waals surface area contributed by atoms with Crippen LogP contribution in [-0.4, -0.2) is 85.0 Å². The predicted octanol–water partition coefficient (Wildman–Crippen LogP) is 13.1. The smallest absolute Gasteiger partial charge is 0.329 e. The van der Waals surface area contributed by atoms with Crippen molar-refractivity contribution in [2.45, 2.75) is 239 Å². The summed E-state index contributed by atoms with van der Waals surface area (Å²) in [7, 11) is 0.947. The molecule has 1 heterocycles. The van der Waals surface area contributed by atoms with E-state index < -0.39 is 14.6 Å². The van der Waals surface area contributed by atoms with Crippen LogP contribution in [0.2, 0.25) is 0 Å². The number of ether oxygens (including phenoxy) is 1. The number of carbonyl (C=O) groups excluding carboxylic acids is 5. The maximum Gasteiger partial charge on any atom is 0.329 e. The van der Waals surface area contributed by atoms with Gasteiger partial charge in [-0.2, -0.15) is 5.06 Å². The summed E-state index contributed by atoms with van der Waals surface area (Å²) in [6.07, 6.45) is 47.0. The fraction of sp³-hybridized carbons (Fsp3) is 0.808. The molecule has 0 saturated carbocycles. The maximum absolute atomic E-state index is 11.2. The Morgan fingerprint density at radius 1 is 0.582 bits per heavy atom. The van der Waals surface area contributed by atoms with Gasteiger partial charge in [-0.3, -0.25) is 28.8 Å². The van der Waals surface area contributed by atoms with E-state index in [0.29, 0.717) is 45.3 Å². The maximum atomic E-state index is 11.2. The molecule has 1 aliphatic heterocycles. The molecule has 1 aliphatic rings. The number of carboxylic acids is 1. The average molecular weight is 973 g/mol. The lowest BCUT2D eigenvalue weighted by Gasteiger charge is -2.09. The highest BCUT2D eigenvalue weighted by atomic mass is 31.2. The van der Waals surface area contributed by atoms with Crippen LogP contribution in [0.3, 0.4) is 0 Å². The number of carboxylic acid groups (broad SMARTS) is 1. The number of aldehydes is 1. The lowest BCUT2D eigenvalue weighted by molar-refractivity contribution is -0.179. The van der Waals surface area contributed by atoms with E-state index in [1.807, 2.05) is 0 Å². The van der Waals surface area contributed by atoms with Gasteiger partial charge in [0.25, 0.3) is 11.8 Å². The number of amides is 3. The molecule has 1 fully saturated rings. The number of carbonyl (C=O) groups is 6. The van der Waals surface area contributed by atoms with Crippen molar-refractivity contribution in [2.75, 3.05) is 34.0 Å². The van der Waals surface area contributed by atoms with Gasteiger partial charge in [-0.15, -0.1) is 0 Å². The number of imide groups is 1. The zero-order valence-corrected chi connectivity index (χ0v) is 43.8. The molecule has 0 spiro atoms. The Kier molecular flexibility index (Phi) is 58.3. The molecule has 3 N–H and O–H groups in total. The third kappa shape index (κ3) is 57.2. The molecule has 67 heavy (non-hydrogen) atoms. The van der Waals surface area contributed by atoms with Crippen LogP contribution in [0.1, 0.15) is 239 Å². The van der Waals surface area contributed by atoms with Crippen molar-refractivity contribution >= 4 is 44.5 Å². The average Bonchev–Trinajstić information content (AvgIpc) is 3.65. The highest BCUT2D eigenvalue weighted by Crippen LogP contribution is 2.31. The first-order chi connectivity index (χ1) is 32.5. The van der Waals surface area contributed by atoms with Crippen LogP contribution in [0, 0.1) is 0 Å². The van der Waals surface area contributed by atoms with E-state index in [4.69, 9.17) is 19.0 Å². The van der Waals surface area contributed by atoms with Crippen molar-refractivity contribution in [3.8, 4) is 0 Å². The normalized spacial score (nSPS) is 12.5. The van der Waals surface area contributed by atoms with Gasteiger partial charge in [0.05, 0.1) is 27.4 Å². The molecular formula is C52H97N2O12P. The fourth-order valence-corrected chi connectivity index (χ4v) is 7.16. The van der Waals surface area contributed by atoms with Gasteiger partial charge in [0.1, 0.15) is 6.29 Å². The molecule has 0 bridgehead atoms. The zero-order valence-electron chi connectivity index (χ0n) is 42.9. The Morgan fingerprint density at radius 3 is 1.37 bits per heavy atom. The number of unbranched alkanes of at least 4 members (excludes halogenated alkanes) is 24. The molecule has 3 amide bonds. The SMILES string of the molecule is CCCCCCCC/C=C\CCCCCCCC(=O)O.CCCCCCCC/C=C\CCCCCCCC(=O)OC.CCOP(O)OCCNC(=O)CCCCC=O.CON1C(=O)CCC1=O. The summed E-state index contributed by atoms with van der Waals surface area (Å²) in [5.74, 6) is -1.31. The Labute approximate surface area is 408 Å². The minimum absolute atomic E-state index is 0.0711. The molecular weight excluding hydrogens is 876 g/mol. The van der Waals surface area contributed by atoms with Gasteiger partial charge in [0.2, 0.25) is 5.91 Å². The summed E-state index contributed by atoms with van der Waals surface area (Å²) in [6, 6.07) is 0. The van der Waals surface area contributed by atoms with Crippen molar-refractivity contribution in [1.29, 1.82) is 0 Å². The van der Waals surface area contributed by atoms with Crippen LogP contribution in [0.25, 0.3) is 0 Å². The zero-order chi connectivity index (χ0) is 50.3. The molecule has 15 heteroatoms. The third-order valence-electron chi connectivity index (χ3n) is 10.6. The van der Waals surface area contributed by atoms with E-state index >= 15 is 0 Å². The van der Waals surface area contributed by atoms with Gasteiger partial charge in [-0.1, -0.05) is 141 Å². The number of methoxy groups -OCH3 is 1. The first kappa shape index (κ1) is 68.2. The summed E-state index contributed by atoms with van der Waals surface area (Å²) >= 11 is 0. The van der Waals surface area contributed by atoms with E-state index in [2.05, 4.69) is 53.0 Å². The third-order valence-corrected chi connectivity index (χ3v) is 11.4. The Bertz CT molecular complexity index is 1200. The van der Waals surface area contributed by atoms with Crippen LogP contribution in [0.15, 0.2) is 24.3 Å². The van der Waals surface area contributed by atoms with Crippen molar-refractivity contribution in [2.24, 2.45) is 0 Å². The summed E-state index contributed by atoms with van der Waals surface area (Å²) in [4.78, 5) is 77.2. The molecule has 1 rings (SSSR count). The summed E-state index contributed by atoms with van der Waals surface area (Å²) < 4.78 is 14.3. The van der Waals surface area contributed by atoms with E-state index in [1.54, 1.807) is 6.92 Å². The number of aliphatic carboxylic acids is 1. The Morgan fingerprint density at radius 2 is 0.985 bits per heavy atom. The van der Waals surface area contributed by atoms with E-state index in [0.717, 1.165) is 43.5 Å². The van der Waals surface area contributed by atoms with Gasteiger partial charge in [-0.05, 0) is 84.0 Å². The molecule has 0 aromatic rings. The topological polar surface area (TPSA) is 195 Å². The van der Waals surface area contributed by atoms with Crippen LogP contribution in [0.5, 0.6) is 0 Å². The van der Waals surface area contributed by atoms with Gasteiger partial charge in [0, 0.05) is 45.1 Å². The van der Waals surface area contributed by atoms with E-state index in [1.165, 1.54) is 155 Å². The van der Waals surface area contributed by atoms with Crippen molar-refractivity contribution in [3.05, 3.63) is 24.3 Å². The van der Waals surface area contributed by atoms with E-state index in [9.17, 15) is 28.8 Å². The lowest BCUT2D eigenvalue weighted by atomic mass is 10.1. The second-order valence-electron chi connectivity index (χ2n) is 16.7. The molecule has 14 nitrogen and oxygen atoms in total. The highest BCUT2D eigenvalue weighted by Gasteiger charge is 2.28. The van der Waals surface area contributed by atoms with Crippen LogP contribution in [-0.2, 0) is 47.4 Å². The van der Waals surface area contributed by atoms with E-state index in [-0.39, 0.29) is 43.1 Å². The lowest BCUT2D eigenvalue weighted by Crippen LogP contribution is -2.27. The summed E-state index contributed by atoms with van der Waals surface area (Å²) in [6.45, 7) is 7.25. The fourth-order valence-electron chi connectivity index (χ4n) is 6.61. The molecule has 1 atom stereocenters. The van der Waals surface area contributed by atoms with Crippen molar-refractivity contribution < 1.29 is 57.4 Å². The minimum Gasteiger partial charge on any atom is -0.481 e. The quantitative estimate of drug-likeness (QED) is 0.0131. The monoisotopic (exact) mass is 973 g/mol. The highest BCUT2D eigenvalue weighted by molar-refractivity contribution is 7.40. The summed E-state index contributed by atoms with van der Waals surface area (Å²) in [5.41, 5.74) is 0. The molecule has 392 valence electrons. The number of hydroxylamine groups is 2. The molecule has 0 aromatic heterocycles. The first-order valence-electron chi connectivity index (χ1n) is 26.0. The minimum atomic E-state index is -1.82. The number of hydrogen-bond donors (Lipinski definition) is 3. The van der Waals surface area contributed by atoms with Crippen LogP contribution < -0.4 is 5.32 Å². The Hall–Kier alpha value is -3.03. The molecule has 0 radical (unpaired) electrons. The van der Waals surface area contributed by atoms with Crippen LogP contribution in [0.4, 0.5) is 0 Å². The van der Waals surface area contributed by atoms with Crippen molar-refractivity contribution in [1.82, 2.24) is 10.4 Å². The predicted molar refractivity (Wildman–Crippen MR) is 271 cm³/mol. The number of hydrogen-bond acceptors (Lipinski definition) is 11. The van der Waals surface area contributed by atoms with Crippen LogP contribution >= 0.6 is 8.60 Å². The second-order valence-corrected chi connectivity index (χ2v) is 17.6. The number of allylic oxidation sites excluding steroid dienone is 4. The number of nitrogens with zero attached hydrogens (tertiary/aromatic N) is 1. The van der Waals surface area contributed by atoms with Gasteiger partial charge >= 0.3 is 20.5 Å².